The van der Waals surface area contributed by atoms with Gasteiger partial charge in [0.1, 0.15) is 18.5 Å². The summed E-state index contributed by atoms with van der Waals surface area (Å²) in [6.45, 7) is 5.62. The van der Waals surface area contributed by atoms with E-state index in [0.29, 0.717) is 12.4 Å². The van der Waals surface area contributed by atoms with Crippen LogP contribution in [0.5, 0.6) is 5.75 Å². The molecule has 0 fully saturated rings. The Balaban J connectivity index is 0.00000729. The number of benzene rings is 1. The zero-order chi connectivity index (χ0) is 20.0. The molecule has 1 unspecified atom stereocenters. The summed E-state index contributed by atoms with van der Waals surface area (Å²) in [5.74, 6) is 0.669. The summed E-state index contributed by atoms with van der Waals surface area (Å²) in [7, 11) is -4.80. The number of hydrogen-bond donors (Lipinski definition) is 0. The standard InChI is InChI=1S/C19H30O7S.Na/c1-3-5-6-7-8-17-9-11-18(12-10-17)24-15-19(14-23-13-4-2)25-16-26-27(20,21)22;/h4,9-12,19H,2-3,5-8,13-16H2,1H3,(H,20,21,22);/q;+1/p-1. The van der Waals surface area contributed by atoms with E-state index in [4.69, 9.17) is 14.2 Å². The summed E-state index contributed by atoms with van der Waals surface area (Å²) in [6, 6.07) is 7.82. The molecule has 0 radical (unpaired) electrons. The van der Waals surface area contributed by atoms with Gasteiger partial charge in [0, 0.05) is 0 Å². The first-order chi connectivity index (χ1) is 12.9. The zero-order valence-electron chi connectivity index (χ0n) is 16.8. The number of aryl methyl sites for hydroxylation is 1. The molecule has 0 aliphatic heterocycles. The second kappa shape index (κ2) is 16.4. The predicted octanol–water partition coefficient (Wildman–Crippen LogP) is 0.214. The maximum atomic E-state index is 10.5. The summed E-state index contributed by atoms with van der Waals surface area (Å²) in [5.41, 5.74) is 1.26. The van der Waals surface area contributed by atoms with E-state index in [2.05, 4.69) is 17.7 Å². The molecule has 1 aromatic carbocycles. The molecule has 0 aromatic heterocycles. The van der Waals surface area contributed by atoms with E-state index < -0.39 is 23.3 Å². The van der Waals surface area contributed by atoms with Crippen molar-refractivity contribution in [3.63, 3.8) is 0 Å². The van der Waals surface area contributed by atoms with Crippen LogP contribution < -0.4 is 34.3 Å². The van der Waals surface area contributed by atoms with Gasteiger partial charge in [-0.15, -0.1) is 6.58 Å². The van der Waals surface area contributed by atoms with Crippen LogP contribution in [0, 0.1) is 0 Å². The Hall–Kier alpha value is -0.450. The van der Waals surface area contributed by atoms with Crippen molar-refractivity contribution in [1.82, 2.24) is 0 Å². The van der Waals surface area contributed by atoms with Gasteiger partial charge in [-0.3, -0.25) is 4.18 Å². The molecule has 154 valence electrons. The molecule has 0 spiro atoms. The molecular formula is C19H29NaO7S. The third-order valence-electron chi connectivity index (χ3n) is 3.71. The predicted molar refractivity (Wildman–Crippen MR) is 101 cm³/mol. The fraction of sp³-hybridized carbons (Fsp3) is 0.579. The average Bonchev–Trinajstić information content (AvgIpc) is 2.63. The molecule has 0 saturated carbocycles. The van der Waals surface area contributed by atoms with E-state index in [1.165, 1.54) is 31.2 Å². The Kier molecular flexibility index (Phi) is 16.1. The minimum Gasteiger partial charge on any atom is -0.725 e. The molecule has 9 heteroatoms. The minimum absolute atomic E-state index is 0. The monoisotopic (exact) mass is 424 g/mol. The van der Waals surface area contributed by atoms with Gasteiger partial charge in [-0.1, -0.05) is 44.4 Å². The van der Waals surface area contributed by atoms with Crippen molar-refractivity contribution in [2.45, 2.75) is 45.1 Å². The van der Waals surface area contributed by atoms with E-state index in [1.54, 1.807) is 6.08 Å². The van der Waals surface area contributed by atoms with Gasteiger partial charge in [0.25, 0.3) is 0 Å². The Labute approximate surface area is 190 Å². The fourth-order valence-electron chi connectivity index (χ4n) is 2.31. The van der Waals surface area contributed by atoms with Crippen molar-refractivity contribution < 1.29 is 60.9 Å². The van der Waals surface area contributed by atoms with Crippen LogP contribution >= 0.6 is 0 Å². The van der Waals surface area contributed by atoms with Gasteiger partial charge in [0.05, 0.1) is 13.2 Å². The van der Waals surface area contributed by atoms with E-state index in [-0.39, 0.29) is 42.8 Å². The molecule has 0 saturated heterocycles. The van der Waals surface area contributed by atoms with E-state index in [1.807, 2.05) is 24.3 Å². The summed E-state index contributed by atoms with van der Waals surface area (Å²) in [5, 5.41) is 0. The van der Waals surface area contributed by atoms with Crippen LogP contribution in [-0.2, 0) is 30.5 Å². The minimum atomic E-state index is -4.80. The topological polar surface area (TPSA) is 94.1 Å². The molecular weight excluding hydrogens is 395 g/mol. The maximum absolute atomic E-state index is 10.5. The first kappa shape index (κ1) is 27.5. The van der Waals surface area contributed by atoms with Crippen molar-refractivity contribution in [1.29, 1.82) is 0 Å². The van der Waals surface area contributed by atoms with Gasteiger partial charge in [-0.25, -0.2) is 8.42 Å². The van der Waals surface area contributed by atoms with Crippen LogP contribution in [0.3, 0.4) is 0 Å². The second-order valence-corrected chi connectivity index (χ2v) is 7.08. The van der Waals surface area contributed by atoms with Gasteiger partial charge in [-0.05, 0) is 30.5 Å². The van der Waals surface area contributed by atoms with Crippen LogP contribution in [0.25, 0.3) is 0 Å². The maximum Gasteiger partial charge on any atom is 1.00 e. The van der Waals surface area contributed by atoms with Gasteiger partial charge in [0.15, 0.2) is 6.79 Å². The van der Waals surface area contributed by atoms with Crippen LogP contribution in [0.15, 0.2) is 36.9 Å². The van der Waals surface area contributed by atoms with Gasteiger partial charge in [0.2, 0.25) is 10.4 Å². The van der Waals surface area contributed by atoms with Crippen molar-refractivity contribution in [2.75, 3.05) is 26.6 Å². The van der Waals surface area contributed by atoms with Crippen LogP contribution in [0.2, 0.25) is 0 Å². The van der Waals surface area contributed by atoms with Crippen molar-refractivity contribution in [3.05, 3.63) is 42.5 Å². The SMILES string of the molecule is C=CCOCC(COc1ccc(CCCCCC)cc1)OCOS(=O)(=O)[O-].[Na+]. The number of rotatable bonds is 16. The average molecular weight is 424 g/mol. The van der Waals surface area contributed by atoms with E-state index in [9.17, 15) is 13.0 Å². The molecule has 0 N–H and O–H groups in total. The van der Waals surface area contributed by atoms with Crippen molar-refractivity contribution in [3.8, 4) is 5.75 Å². The smallest absolute Gasteiger partial charge is 0.725 e. The summed E-state index contributed by atoms with van der Waals surface area (Å²) in [6.07, 6.45) is 6.91. The summed E-state index contributed by atoms with van der Waals surface area (Å²) in [4.78, 5) is 0. The molecule has 0 aliphatic carbocycles. The van der Waals surface area contributed by atoms with Gasteiger partial charge in [-0.2, -0.15) is 0 Å². The normalized spacial score (nSPS) is 12.2. The second-order valence-electron chi connectivity index (χ2n) is 6.02. The van der Waals surface area contributed by atoms with Gasteiger partial charge >= 0.3 is 29.6 Å². The quantitative estimate of drug-likeness (QED) is 0.0935. The molecule has 0 bridgehead atoms. The molecule has 1 aromatic rings. The Bertz CT molecular complexity index is 620. The zero-order valence-corrected chi connectivity index (χ0v) is 19.6. The van der Waals surface area contributed by atoms with Gasteiger partial charge < -0.3 is 18.8 Å². The Morgan fingerprint density at radius 1 is 1.14 bits per heavy atom. The molecule has 0 amide bonds. The number of unbranched alkanes of at least 4 members (excludes halogenated alkanes) is 3. The van der Waals surface area contributed by atoms with Crippen LogP contribution in [-0.4, -0.2) is 45.7 Å². The first-order valence-corrected chi connectivity index (χ1v) is 10.4. The fourth-order valence-corrected chi connectivity index (χ4v) is 2.48. The number of ether oxygens (including phenoxy) is 3. The number of hydrogen-bond acceptors (Lipinski definition) is 7. The first-order valence-electron chi connectivity index (χ1n) is 9.06. The van der Waals surface area contributed by atoms with Crippen molar-refractivity contribution >= 4 is 10.4 Å². The molecule has 0 aliphatic rings. The third-order valence-corrected chi connectivity index (χ3v) is 4.10. The Morgan fingerprint density at radius 3 is 2.46 bits per heavy atom. The van der Waals surface area contributed by atoms with E-state index >= 15 is 0 Å². The summed E-state index contributed by atoms with van der Waals surface area (Å²) < 4.78 is 51.6. The van der Waals surface area contributed by atoms with Crippen LogP contribution in [0.1, 0.15) is 38.2 Å². The largest absolute Gasteiger partial charge is 1.00 e. The van der Waals surface area contributed by atoms with Crippen molar-refractivity contribution in [2.24, 2.45) is 0 Å². The molecule has 28 heavy (non-hydrogen) atoms. The van der Waals surface area contributed by atoms with E-state index in [0.717, 1.165) is 6.42 Å². The van der Waals surface area contributed by atoms with Crippen LogP contribution in [0.4, 0.5) is 0 Å². The molecule has 1 rings (SSSR count). The third kappa shape index (κ3) is 14.5. The molecule has 0 heterocycles. The molecule has 7 nitrogen and oxygen atoms in total. The Morgan fingerprint density at radius 2 is 1.86 bits per heavy atom. The molecule has 1 atom stereocenters. The summed E-state index contributed by atoms with van der Waals surface area (Å²) >= 11 is 0.